The smallest absolute Gasteiger partial charge is 0.137 e. The molecule has 0 aromatic rings. The van der Waals surface area contributed by atoms with Crippen molar-refractivity contribution in [1.82, 2.24) is 0 Å². The largest absolute Gasteiger partial charge is 0.378 e. The lowest BCUT2D eigenvalue weighted by Gasteiger charge is -2.26. The predicted octanol–water partition coefficient (Wildman–Crippen LogP) is 0.00810. The van der Waals surface area contributed by atoms with Crippen LogP contribution in [0.2, 0.25) is 0 Å². The molecule has 0 aromatic carbocycles. The molecule has 0 spiro atoms. The summed E-state index contributed by atoms with van der Waals surface area (Å²) in [5.74, 6) is 0. The van der Waals surface area contributed by atoms with E-state index in [2.05, 4.69) is 26.1 Å². The van der Waals surface area contributed by atoms with Gasteiger partial charge in [0.15, 0.2) is 0 Å². The Morgan fingerprint density at radius 1 is 1.31 bits per heavy atom. The van der Waals surface area contributed by atoms with E-state index in [1.807, 2.05) is 0 Å². The first-order valence-electron chi connectivity index (χ1n) is 4.90. The van der Waals surface area contributed by atoms with Crippen LogP contribution in [0, 0.1) is 5.41 Å². The van der Waals surface area contributed by atoms with Gasteiger partial charge in [-0.1, -0.05) is 13.8 Å². The van der Waals surface area contributed by atoms with Gasteiger partial charge in [-0.05, 0) is 6.92 Å². The Kier molecular flexibility index (Phi) is 3.33. The minimum atomic E-state index is 0.234. The van der Waals surface area contributed by atoms with E-state index in [4.69, 9.17) is 9.47 Å². The highest BCUT2D eigenvalue weighted by Crippen LogP contribution is 2.31. The Bertz CT molecular complexity index is 170. The van der Waals surface area contributed by atoms with Crippen molar-refractivity contribution in [2.45, 2.75) is 39.0 Å². The lowest BCUT2D eigenvalue weighted by molar-refractivity contribution is -0.707. The van der Waals surface area contributed by atoms with E-state index in [1.165, 1.54) is 0 Å². The summed E-state index contributed by atoms with van der Waals surface area (Å²) >= 11 is 0. The zero-order valence-electron chi connectivity index (χ0n) is 9.33. The van der Waals surface area contributed by atoms with Gasteiger partial charge in [0.2, 0.25) is 0 Å². The maximum Gasteiger partial charge on any atom is 0.137 e. The van der Waals surface area contributed by atoms with Crippen LogP contribution in [0.25, 0.3) is 0 Å². The van der Waals surface area contributed by atoms with E-state index in [9.17, 15) is 0 Å². The molecule has 3 unspecified atom stereocenters. The molecule has 3 heteroatoms. The molecule has 0 bridgehead atoms. The van der Waals surface area contributed by atoms with Crippen LogP contribution in [-0.2, 0) is 9.47 Å². The second-order valence-corrected chi connectivity index (χ2v) is 4.58. The Labute approximate surface area is 80.8 Å². The van der Waals surface area contributed by atoms with Crippen molar-refractivity contribution in [2.24, 2.45) is 5.41 Å². The van der Waals surface area contributed by atoms with Crippen molar-refractivity contribution in [3.8, 4) is 0 Å². The molecule has 0 amide bonds. The molecular weight excluding hydrogens is 166 g/mol. The van der Waals surface area contributed by atoms with Gasteiger partial charge >= 0.3 is 0 Å². The zero-order chi connectivity index (χ0) is 10.1. The fraction of sp³-hybridized carbons (Fsp3) is 1.00. The van der Waals surface area contributed by atoms with Crippen LogP contribution >= 0.6 is 0 Å². The zero-order valence-corrected chi connectivity index (χ0v) is 9.33. The summed E-state index contributed by atoms with van der Waals surface area (Å²) in [6, 6.07) is 1.04. The van der Waals surface area contributed by atoms with Gasteiger partial charge < -0.3 is 14.8 Å². The Morgan fingerprint density at radius 2 is 1.92 bits per heavy atom. The quantitative estimate of drug-likeness (QED) is 0.677. The fourth-order valence-electron chi connectivity index (χ4n) is 2.34. The Hall–Kier alpha value is -0.120. The molecule has 1 aliphatic heterocycles. The molecule has 3 nitrogen and oxygen atoms in total. The third kappa shape index (κ3) is 1.87. The van der Waals surface area contributed by atoms with Crippen LogP contribution in [-0.4, -0.2) is 39.0 Å². The highest BCUT2D eigenvalue weighted by atomic mass is 16.5. The third-order valence-corrected chi connectivity index (χ3v) is 3.44. The van der Waals surface area contributed by atoms with E-state index < -0.39 is 0 Å². The second kappa shape index (κ2) is 3.95. The molecule has 1 aliphatic rings. The average Bonchev–Trinajstić information content (AvgIpc) is 2.24. The molecule has 0 radical (unpaired) electrons. The molecule has 2 N–H and O–H groups in total. The number of quaternary nitrogens is 1. The standard InChI is InChI=1S/C10H21NO2/c1-7-10(2,3)9(13-5)8(11-7)6-12-4/h7-9,11H,6H2,1-5H3/p+1. The van der Waals surface area contributed by atoms with Gasteiger partial charge in [-0.15, -0.1) is 0 Å². The monoisotopic (exact) mass is 188 g/mol. The van der Waals surface area contributed by atoms with Gasteiger partial charge in [-0.3, -0.25) is 0 Å². The van der Waals surface area contributed by atoms with E-state index in [0.717, 1.165) is 6.61 Å². The summed E-state index contributed by atoms with van der Waals surface area (Å²) in [6.07, 6.45) is 0.294. The fourth-order valence-corrected chi connectivity index (χ4v) is 2.34. The highest BCUT2D eigenvalue weighted by molar-refractivity contribution is 4.92. The summed E-state index contributed by atoms with van der Waals surface area (Å²) < 4.78 is 10.7. The van der Waals surface area contributed by atoms with Crippen molar-refractivity contribution in [2.75, 3.05) is 20.8 Å². The molecule has 1 saturated heterocycles. The van der Waals surface area contributed by atoms with Crippen molar-refractivity contribution in [3.05, 3.63) is 0 Å². The third-order valence-electron chi connectivity index (χ3n) is 3.44. The number of hydrogen-bond acceptors (Lipinski definition) is 2. The van der Waals surface area contributed by atoms with Crippen molar-refractivity contribution in [3.63, 3.8) is 0 Å². The summed E-state index contributed by atoms with van der Waals surface area (Å²) in [7, 11) is 3.54. The first-order valence-corrected chi connectivity index (χ1v) is 4.90. The molecule has 0 aliphatic carbocycles. The van der Waals surface area contributed by atoms with Crippen molar-refractivity contribution in [1.29, 1.82) is 0 Å². The van der Waals surface area contributed by atoms with Crippen LogP contribution in [0.3, 0.4) is 0 Å². The normalized spacial score (nSPS) is 38.1. The van der Waals surface area contributed by atoms with E-state index in [0.29, 0.717) is 18.2 Å². The topological polar surface area (TPSA) is 35.1 Å². The maximum absolute atomic E-state index is 5.55. The van der Waals surface area contributed by atoms with Gasteiger partial charge in [0.1, 0.15) is 18.8 Å². The molecular formula is C10H22NO2+. The van der Waals surface area contributed by atoms with E-state index >= 15 is 0 Å². The molecule has 0 saturated carbocycles. The van der Waals surface area contributed by atoms with Crippen molar-refractivity contribution < 1.29 is 14.8 Å². The van der Waals surface area contributed by atoms with Gasteiger partial charge in [-0.25, -0.2) is 0 Å². The van der Waals surface area contributed by atoms with E-state index in [1.54, 1.807) is 14.2 Å². The molecule has 1 fully saturated rings. The summed E-state index contributed by atoms with van der Waals surface area (Å²) in [5.41, 5.74) is 0.234. The van der Waals surface area contributed by atoms with Crippen LogP contribution in [0.15, 0.2) is 0 Å². The SMILES string of the molecule is COCC1[NH2+]C(C)C(C)(C)C1OC. The van der Waals surface area contributed by atoms with Crippen LogP contribution in [0.4, 0.5) is 0 Å². The molecule has 3 atom stereocenters. The van der Waals surface area contributed by atoms with Gasteiger partial charge in [0.05, 0.1) is 6.04 Å². The second-order valence-electron chi connectivity index (χ2n) is 4.58. The first-order chi connectivity index (χ1) is 6.04. The number of nitrogens with two attached hydrogens (primary N) is 1. The van der Waals surface area contributed by atoms with Crippen LogP contribution in [0.1, 0.15) is 20.8 Å². The van der Waals surface area contributed by atoms with Gasteiger partial charge in [0.25, 0.3) is 0 Å². The molecule has 1 rings (SSSR count). The summed E-state index contributed by atoms with van der Waals surface area (Å²) in [5, 5.41) is 2.36. The van der Waals surface area contributed by atoms with E-state index in [-0.39, 0.29) is 5.41 Å². The molecule has 78 valence electrons. The minimum Gasteiger partial charge on any atom is -0.378 e. The average molecular weight is 188 g/mol. The Balaban J connectivity index is 2.70. The van der Waals surface area contributed by atoms with Gasteiger partial charge in [-0.2, -0.15) is 0 Å². The van der Waals surface area contributed by atoms with Crippen LogP contribution in [0.5, 0.6) is 0 Å². The number of ether oxygens (including phenoxy) is 2. The van der Waals surface area contributed by atoms with Gasteiger partial charge in [0, 0.05) is 19.6 Å². The molecule has 13 heavy (non-hydrogen) atoms. The minimum absolute atomic E-state index is 0.234. The number of methoxy groups -OCH3 is 2. The maximum atomic E-state index is 5.55. The van der Waals surface area contributed by atoms with Crippen molar-refractivity contribution >= 4 is 0 Å². The summed E-state index contributed by atoms with van der Waals surface area (Å²) in [4.78, 5) is 0. The highest BCUT2D eigenvalue weighted by Gasteiger charge is 2.51. The number of hydrogen-bond donors (Lipinski definition) is 1. The lowest BCUT2D eigenvalue weighted by atomic mass is 9.82. The first kappa shape index (κ1) is 11.0. The predicted molar refractivity (Wildman–Crippen MR) is 51.6 cm³/mol. The summed E-state index contributed by atoms with van der Waals surface area (Å²) in [6.45, 7) is 7.55. The molecule has 0 aromatic heterocycles. The Morgan fingerprint density at radius 3 is 2.38 bits per heavy atom. The molecule has 1 heterocycles. The van der Waals surface area contributed by atoms with Crippen LogP contribution < -0.4 is 5.32 Å². The number of rotatable bonds is 3. The lowest BCUT2D eigenvalue weighted by Crippen LogP contribution is -2.93.